The second-order valence-electron chi connectivity index (χ2n) is 20.1. The molecule has 8 rings (SSSR count). The number of benzene rings is 6. The standard InChI is InChI=1S/C41H49.C15H14.C5H5.2ClH.Zr/c1-26(2)19-28-15-11-13-17-32(28)36-22-30-21-31-23-37(33-18-14-12-16-29(33)20-27(3)4)39(41(8,9)10)25-35(31)34(30)24-38(36)40(5,6)7;1-3-8-14(9-4-1)12-7-13-15-10-5-2-6-11-15;1-2-4-5-3-1;;;/h11-18,22,24-27H,19-21H2,1-10H3;1-6,8-11H,12-13H2;1-3H,4H2;2*1H;/q-1;;-1;;;+2/p-2. The van der Waals surface area contributed by atoms with Crippen LogP contribution in [0.25, 0.3) is 33.4 Å². The Labute approximate surface area is 415 Å². The molecule has 0 atom stereocenters. The number of hydrogen-bond donors (Lipinski definition) is 0. The third-order valence-electron chi connectivity index (χ3n) is 11.6. The number of hydrogen-bond acceptors (Lipinski definition) is 0. The Hall–Kier alpha value is -3.87. The molecule has 2 aliphatic rings. The topological polar surface area (TPSA) is 0 Å². The zero-order valence-electron chi connectivity index (χ0n) is 40.0. The first kappa shape index (κ1) is 52.8. The van der Waals surface area contributed by atoms with Gasteiger partial charge in [-0.25, -0.2) is 12.2 Å². The van der Waals surface area contributed by atoms with Gasteiger partial charge in [0.1, 0.15) is 0 Å². The van der Waals surface area contributed by atoms with Gasteiger partial charge in [-0.05, 0) is 69.7 Å². The van der Waals surface area contributed by atoms with Gasteiger partial charge < -0.3 is 24.8 Å². The van der Waals surface area contributed by atoms with Crippen molar-refractivity contribution in [2.24, 2.45) is 11.8 Å². The summed E-state index contributed by atoms with van der Waals surface area (Å²) in [6, 6.07) is 51.1. The summed E-state index contributed by atoms with van der Waals surface area (Å²) in [5, 5.41) is 0. The third-order valence-corrected chi connectivity index (χ3v) is 12.5. The molecule has 6 aromatic rings. The van der Waals surface area contributed by atoms with Gasteiger partial charge in [0.05, 0.1) is 0 Å². The van der Waals surface area contributed by atoms with Crippen molar-refractivity contribution >= 4 is 3.21 Å². The van der Waals surface area contributed by atoms with E-state index in [0.29, 0.717) is 11.8 Å². The molecule has 0 unspecified atom stereocenters. The van der Waals surface area contributed by atoms with Crippen LogP contribution < -0.4 is 24.8 Å². The van der Waals surface area contributed by atoms with E-state index >= 15 is 0 Å². The van der Waals surface area contributed by atoms with Gasteiger partial charge in [-0.2, -0.15) is 6.08 Å². The van der Waals surface area contributed by atoms with Gasteiger partial charge in [-0.1, -0.05) is 152 Å². The fraction of sp³-hybridized carbons (Fsp3) is 0.328. The van der Waals surface area contributed by atoms with E-state index in [1.165, 1.54) is 77.9 Å². The Morgan fingerprint density at radius 1 is 0.562 bits per heavy atom. The fourth-order valence-electron chi connectivity index (χ4n) is 8.72. The van der Waals surface area contributed by atoms with Crippen molar-refractivity contribution in [2.45, 2.75) is 119 Å². The number of allylic oxidation sites excluding steroid dienone is 4. The van der Waals surface area contributed by atoms with E-state index < -0.39 is 0 Å². The molecule has 0 saturated carbocycles. The molecule has 2 aliphatic carbocycles. The molecule has 64 heavy (non-hydrogen) atoms. The molecule has 0 aliphatic heterocycles. The van der Waals surface area contributed by atoms with E-state index in [1.54, 1.807) is 27.4 Å². The van der Waals surface area contributed by atoms with Crippen LogP contribution in [-0.4, -0.2) is 3.21 Å². The van der Waals surface area contributed by atoms with Crippen molar-refractivity contribution in [3.8, 4) is 33.4 Å². The minimum atomic E-state index is 0. The molecule has 0 bridgehead atoms. The molecule has 332 valence electrons. The molecule has 0 fully saturated rings. The van der Waals surface area contributed by atoms with Gasteiger partial charge in [-0.15, -0.1) is 35.2 Å². The molecule has 0 N–H and O–H groups in total. The molecule has 3 heteroatoms. The monoisotopic (exact) mass is 960 g/mol. The van der Waals surface area contributed by atoms with Crippen LogP contribution in [-0.2, 0) is 67.2 Å². The van der Waals surface area contributed by atoms with E-state index in [1.807, 2.05) is 12.2 Å². The van der Waals surface area contributed by atoms with Gasteiger partial charge in [0.25, 0.3) is 0 Å². The van der Waals surface area contributed by atoms with E-state index in [-0.39, 0.29) is 35.6 Å². The Bertz CT molecular complexity index is 2320. The van der Waals surface area contributed by atoms with Crippen molar-refractivity contribution in [1.29, 1.82) is 0 Å². The van der Waals surface area contributed by atoms with Crippen LogP contribution in [0, 0.1) is 24.0 Å². The summed E-state index contributed by atoms with van der Waals surface area (Å²) in [5.74, 6) is 1.23. The number of halogens is 2. The van der Waals surface area contributed by atoms with Gasteiger partial charge in [0, 0.05) is 0 Å². The SMILES string of the molecule is CC(C)Cc1ccccc1-c1[c-]c2c(cc1C(C)(C)C)-c1cc(C(C)(C)C)c(-c3ccccc3CC(C)C)cc1C2.[C-]1=CC=CC1.[Cl-].[Cl-].[Zr+2]=[C](Cc1ccccc1)Cc1ccccc1. The Morgan fingerprint density at radius 2 is 1.05 bits per heavy atom. The van der Waals surface area contributed by atoms with Gasteiger partial charge in [0.2, 0.25) is 0 Å². The Kier molecular flexibility index (Phi) is 19.8. The molecule has 0 heterocycles. The van der Waals surface area contributed by atoms with Crippen LogP contribution in [0.1, 0.15) is 120 Å². The van der Waals surface area contributed by atoms with Gasteiger partial charge in [-0.3, -0.25) is 6.08 Å². The molecule has 0 amide bonds. The molecule has 0 nitrogen and oxygen atoms in total. The van der Waals surface area contributed by atoms with Crippen molar-refractivity contribution in [3.05, 3.63) is 202 Å². The molecule has 6 aromatic carbocycles. The fourth-order valence-corrected chi connectivity index (χ4v) is 9.72. The normalized spacial score (nSPS) is 12.3. The average molecular weight is 963 g/mol. The second kappa shape index (κ2) is 24.1. The van der Waals surface area contributed by atoms with Crippen LogP contribution in [0.15, 0.2) is 146 Å². The zero-order valence-corrected chi connectivity index (χ0v) is 44.0. The summed E-state index contributed by atoms with van der Waals surface area (Å²) in [7, 11) is 0. The van der Waals surface area contributed by atoms with Crippen LogP contribution in [0.3, 0.4) is 0 Å². The van der Waals surface area contributed by atoms with Crippen molar-refractivity contribution in [1.82, 2.24) is 0 Å². The molecular weight excluding hydrogens is 895 g/mol. The van der Waals surface area contributed by atoms with Crippen LogP contribution in [0.4, 0.5) is 0 Å². The first-order valence-electron chi connectivity index (χ1n) is 22.9. The predicted molar refractivity (Wildman–Crippen MR) is 266 cm³/mol. The van der Waals surface area contributed by atoms with Crippen molar-refractivity contribution in [2.75, 3.05) is 0 Å². The first-order chi connectivity index (χ1) is 29.6. The van der Waals surface area contributed by atoms with Crippen molar-refractivity contribution < 1.29 is 49.0 Å². The predicted octanol–water partition coefficient (Wildman–Crippen LogP) is 9.89. The van der Waals surface area contributed by atoms with Crippen LogP contribution >= 0.6 is 0 Å². The summed E-state index contributed by atoms with van der Waals surface area (Å²) < 4.78 is 1.60. The van der Waals surface area contributed by atoms with Crippen molar-refractivity contribution in [3.63, 3.8) is 0 Å². The molecule has 0 aromatic heterocycles. The summed E-state index contributed by atoms with van der Waals surface area (Å²) in [6.45, 7) is 23.4. The van der Waals surface area contributed by atoms with Gasteiger partial charge in [0.15, 0.2) is 0 Å². The minimum absolute atomic E-state index is 0. The summed E-state index contributed by atoms with van der Waals surface area (Å²) in [4.78, 5) is 0. The summed E-state index contributed by atoms with van der Waals surface area (Å²) >= 11 is 1.55. The number of fused-ring (bicyclic) bond motifs is 3. The quantitative estimate of drug-likeness (QED) is 0.120. The zero-order chi connectivity index (χ0) is 44.4. The first-order valence-corrected chi connectivity index (χ1v) is 24.1. The van der Waals surface area contributed by atoms with E-state index in [2.05, 4.69) is 215 Å². The molecule has 0 saturated heterocycles. The second-order valence-corrected chi connectivity index (χ2v) is 21.9. The maximum absolute atomic E-state index is 4.03. The van der Waals surface area contributed by atoms with Crippen LogP contribution in [0.5, 0.6) is 0 Å². The van der Waals surface area contributed by atoms with E-state index in [0.717, 1.165) is 38.5 Å². The molecule has 0 spiro atoms. The maximum atomic E-state index is 4.03. The summed E-state index contributed by atoms with van der Waals surface area (Å²) in [5.41, 5.74) is 19.6. The molecule has 0 radical (unpaired) electrons. The Balaban J connectivity index is 0.000000321. The summed E-state index contributed by atoms with van der Waals surface area (Å²) in [6.07, 6.45) is 15.4. The van der Waals surface area contributed by atoms with Crippen LogP contribution in [0.2, 0.25) is 0 Å². The molecular formula is C61H68Cl2Zr-2. The van der Waals surface area contributed by atoms with E-state index in [4.69, 9.17) is 0 Å². The average Bonchev–Trinajstić information content (AvgIpc) is 3.92. The van der Waals surface area contributed by atoms with E-state index in [9.17, 15) is 0 Å². The number of rotatable bonds is 10. The Morgan fingerprint density at radius 3 is 1.52 bits per heavy atom. The van der Waals surface area contributed by atoms with Gasteiger partial charge >= 0.3 is 112 Å². The third kappa shape index (κ3) is 14.3.